The minimum atomic E-state index is -1.11. The predicted molar refractivity (Wildman–Crippen MR) is 60.2 cm³/mol. The third-order valence-electron chi connectivity index (χ3n) is 1.74. The summed E-state index contributed by atoms with van der Waals surface area (Å²) in [6.45, 7) is 8.22. The number of carbonyl (C=O) groups excluding carboxylic acids is 1. The number of carboxylic acids is 1. The third-order valence-corrected chi connectivity index (χ3v) is 1.74. The highest BCUT2D eigenvalue weighted by molar-refractivity contribution is 5.80. The van der Waals surface area contributed by atoms with Gasteiger partial charge in [-0.2, -0.15) is 0 Å². The average Bonchev–Trinajstić information content (AvgIpc) is 2.11. The van der Waals surface area contributed by atoms with E-state index in [0.29, 0.717) is 0 Å². The third kappa shape index (κ3) is 5.58. The van der Waals surface area contributed by atoms with E-state index in [1.807, 2.05) is 0 Å². The lowest BCUT2D eigenvalue weighted by atomic mass is 9.87. The van der Waals surface area contributed by atoms with Gasteiger partial charge in [-0.05, 0) is 26.2 Å². The lowest BCUT2D eigenvalue weighted by Crippen LogP contribution is -2.50. The summed E-state index contributed by atoms with van der Waals surface area (Å²) in [5.41, 5.74) is -1.54. The first-order chi connectivity index (χ1) is 7.49. The summed E-state index contributed by atoms with van der Waals surface area (Å²) in [5, 5.41) is 11.3. The summed E-state index contributed by atoms with van der Waals surface area (Å²) >= 11 is 0. The van der Waals surface area contributed by atoms with Crippen molar-refractivity contribution in [1.82, 2.24) is 5.32 Å². The first-order valence-electron chi connectivity index (χ1n) is 5.72. The number of hydrogen-bond donors (Lipinski definition) is 2. The maximum absolute atomic E-state index is 11.5. The number of alkyl carbamates (subject to hydrolysis) is 1. The van der Waals surface area contributed by atoms with Gasteiger partial charge in [-0.15, -0.1) is 0 Å². The van der Waals surface area contributed by atoms with E-state index < -0.39 is 29.1 Å². The van der Waals surface area contributed by atoms with Gasteiger partial charge in [0.15, 0.2) is 0 Å². The van der Waals surface area contributed by atoms with Gasteiger partial charge in [0.25, 0.3) is 0 Å². The van der Waals surface area contributed by atoms with Crippen LogP contribution in [0.15, 0.2) is 0 Å². The van der Waals surface area contributed by atoms with Crippen LogP contribution in [0.4, 0.5) is 4.79 Å². The Hall–Kier alpha value is -1.26. The van der Waals surface area contributed by atoms with Gasteiger partial charge in [0.05, 0.1) is 0 Å². The van der Waals surface area contributed by atoms with Crippen LogP contribution in [0.1, 0.15) is 42.9 Å². The van der Waals surface area contributed by atoms with Crippen LogP contribution in [0.5, 0.6) is 0 Å². The van der Waals surface area contributed by atoms with E-state index >= 15 is 0 Å². The van der Waals surface area contributed by atoms with Crippen molar-refractivity contribution in [3.63, 3.8) is 0 Å². The molecule has 0 aromatic heterocycles. The molecule has 0 aromatic carbocycles. The first kappa shape index (κ1) is 12.8. The lowest BCUT2D eigenvalue weighted by Gasteiger charge is -2.29. The standard InChI is InChI=1S/C11H21NO4/c1-10(2,3)7(8(13)14)12-9(15)16-11(4,5)6/h7H,1-6H3,(H,12,15)(H,13,14)/i4D. The normalized spacial score (nSPS) is 14.9. The van der Waals surface area contributed by atoms with Crippen LogP contribution in [-0.4, -0.2) is 28.8 Å². The van der Waals surface area contributed by atoms with Crippen molar-refractivity contribution in [2.45, 2.75) is 53.2 Å². The zero-order valence-electron chi connectivity index (χ0n) is 11.5. The largest absolute Gasteiger partial charge is 0.480 e. The Morgan fingerprint density at radius 3 is 2.12 bits per heavy atom. The molecule has 0 saturated heterocycles. The highest BCUT2D eigenvalue weighted by Crippen LogP contribution is 2.20. The molecule has 0 heterocycles. The van der Waals surface area contributed by atoms with Crippen LogP contribution in [-0.2, 0) is 9.53 Å². The van der Waals surface area contributed by atoms with Gasteiger partial charge in [-0.25, -0.2) is 9.59 Å². The first-order valence-corrected chi connectivity index (χ1v) is 5.01. The topological polar surface area (TPSA) is 75.6 Å². The van der Waals surface area contributed by atoms with Crippen LogP contribution in [0.2, 0.25) is 0 Å². The number of carboxylic acid groups (broad SMARTS) is 1. The molecule has 0 fully saturated rings. The molecule has 0 rings (SSSR count). The predicted octanol–water partition coefficient (Wildman–Crippen LogP) is 2.01. The molecule has 1 atom stereocenters. The van der Waals surface area contributed by atoms with Gasteiger partial charge in [0.1, 0.15) is 11.6 Å². The zero-order chi connectivity index (χ0) is 13.9. The number of aliphatic carboxylic acids is 1. The number of rotatable bonds is 2. The Balaban J connectivity index is 4.60. The number of amides is 1. The van der Waals surface area contributed by atoms with Gasteiger partial charge in [-0.1, -0.05) is 20.8 Å². The molecule has 0 radical (unpaired) electrons. The summed E-state index contributed by atoms with van der Waals surface area (Å²) in [5.74, 6) is -1.11. The maximum atomic E-state index is 11.5. The molecule has 0 aliphatic carbocycles. The Morgan fingerprint density at radius 1 is 1.31 bits per heavy atom. The van der Waals surface area contributed by atoms with Gasteiger partial charge in [-0.3, -0.25) is 0 Å². The van der Waals surface area contributed by atoms with Crippen LogP contribution in [0.25, 0.3) is 0 Å². The van der Waals surface area contributed by atoms with E-state index in [-0.39, 0.29) is 6.90 Å². The molecule has 0 aliphatic rings. The number of carbonyl (C=O) groups is 2. The van der Waals surface area contributed by atoms with Gasteiger partial charge in [0.2, 0.25) is 0 Å². The molecule has 1 amide bonds. The van der Waals surface area contributed by atoms with E-state index in [2.05, 4.69) is 5.32 Å². The van der Waals surface area contributed by atoms with Crippen molar-refractivity contribution < 1.29 is 20.8 Å². The zero-order valence-corrected chi connectivity index (χ0v) is 10.5. The molecule has 0 aliphatic heterocycles. The van der Waals surface area contributed by atoms with Crippen molar-refractivity contribution in [3.8, 4) is 0 Å². The van der Waals surface area contributed by atoms with E-state index in [0.717, 1.165) is 0 Å². The smallest absolute Gasteiger partial charge is 0.408 e. The highest BCUT2D eigenvalue weighted by atomic mass is 16.6. The minimum Gasteiger partial charge on any atom is -0.480 e. The molecule has 0 bridgehead atoms. The Labute approximate surface area is 97.6 Å². The summed E-state index contributed by atoms with van der Waals surface area (Å²) in [6, 6.07) is -1.03. The maximum Gasteiger partial charge on any atom is 0.408 e. The fourth-order valence-corrected chi connectivity index (χ4v) is 1.05. The molecule has 0 spiro atoms. The Morgan fingerprint density at radius 2 is 1.81 bits per heavy atom. The summed E-state index contributed by atoms with van der Waals surface area (Å²) < 4.78 is 12.1. The monoisotopic (exact) mass is 232 g/mol. The van der Waals surface area contributed by atoms with Gasteiger partial charge >= 0.3 is 12.1 Å². The number of ether oxygens (including phenoxy) is 1. The fourth-order valence-electron chi connectivity index (χ4n) is 1.05. The molecule has 5 heteroatoms. The fraction of sp³-hybridized carbons (Fsp3) is 0.818. The van der Waals surface area contributed by atoms with E-state index in [1.54, 1.807) is 34.6 Å². The molecule has 0 aromatic rings. The summed E-state index contributed by atoms with van der Waals surface area (Å²) in [4.78, 5) is 22.5. The molecular weight excluding hydrogens is 210 g/mol. The Kier molecular flexibility index (Phi) is 3.78. The summed E-state index contributed by atoms with van der Waals surface area (Å²) in [6.07, 6.45) is -0.815. The van der Waals surface area contributed by atoms with E-state index in [9.17, 15) is 9.59 Å². The molecular formula is C11H21NO4. The second-order valence-corrected chi connectivity index (χ2v) is 5.43. The average molecular weight is 232 g/mol. The van der Waals surface area contributed by atoms with E-state index in [1.165, 1.54) is 0 Å². The number of nitrogens with one attached hydrogen (secondary N) is 1. The van der Waals surface area contributed by atoms with Crippen molar-refractivity contribution >= 4 is 12.1 Å². The highest BCUT2D eigenvalue weighted by Gasteiger charge is 2.33. The van der Waals surface area contributed by atoms with Gasteiger partial charge < -0.3 is 15.2 Å². The molecule has 94 valence electrons. The second kappa shape index (κ2) is 4.72. The quantitative estimate of drug-likeness (QED) is 0.763. The van der Waals surface area contributed by atoms with E-state index in [4.69, 9.17) is 11.2 Å². The molecule has 16 heavy (non-hydrogen) atoms. The van der Waals surface area contributed by atoms with Crippen molar-refractivity contribution in [1.29, 1.82) is 0 Å². The molecule has 5 nitrogen and oxygen atoms in total. The second-order valence-electron chi connectivity index (χ2n) is 5.43. The molecule has 2 N–H and O–H groups in total. The Bertz CT molecular complexity index is 296. The van der Waals surface area contributed by atoms with Crippen molar-refractivity contribution in [2.24, 2.45) is 5.41 Å². The molecule has 1 unspecified atom stereocenters. The molecule has 0 saturated carbocycles. The van der Waals surface area contributed by atoms with Crippen molar-refractivity contribution in [3.05, 3.63) is 0 Å². The van der Waals surface area contributed by atoms with Gasteiger partial charge in [0, 0.05) is 1.37 Å². The van der Waals surface area contributed by atoms with Crippen molar-refractivity contribution in [2.75, 3.05) is 0 Å². The minimum absolute atomic E-state index is 0.0896. The van der Waals surface area contributed by atoms with Crippen LogP contribution >= 0.6 is 0 Å². The SMILES string of the molecule is [2H]CC(C)(C)OC(=O)NC(C(=O)O)C(C)(C)C. The number of hydrogen-bond acceptors (Lipinski definition) is 3. The lowest BCUT2D eigenvalue weighted by molar-refractivity contribution is -0.142. The van der Waals surface area contributed by atoms with Crippen LogP contribution < -0.4 is 5.32 Å². The van der Waals surface area contributed by atoms with Crippen LogP contribution in [0.3, 0.4) is 0 Å². The summed E-state index contributed by atoms with van der Waals surface area (Å²) in [7, 11) is 0. The van der Waals surface area contributed by atoms with Crippen LogP contribution in [0, 0.1) is 5.41 Å².